The standard InChI is InChI=1S/C18H18ClN5O2/c1-10-5-4-6-11(2)15(10)21-18(25)16-17(20)24(23-22-16)12-7-8-13(19)14(9-12)26-3/h4-9H,20H2,1-3H3,(H,21,25). The Hall–Kier alpha value is -3.06. The Morgan fingerprint density at radius 1 is 1.23 bits per heavy atom. The largest absolute Gasteiger partial charge is 0.495 e. The number of nitrogens with one attached hydrogen (secondary N) is 1. The van der Waals surface area contributed by atoms with Gasteiger partial charge < -0.3 is 15.8 Å². The van der Waals surface area contributed by atoms with Crippen LogP contribution >= 0.6 is 11.6 Å². The van der Waals surface area contributed by atoms with E-state index < -0.39 is 5.91 Å². The van der Waals surface area contributed by atoms with E-state index in [9.17, 15) is 4.79 Å². The zero-order chi connectivity index (χ0) is 18.8. The normalized spacial score (nSPS) is 10.6. The predicted octanol–water partition coefficient (Wildman–Crippen LogP) is 3.38. The molecule has 0 aliphatic heterocycles. The number of hydrogen-bond donors (Lipinski definition) is 2. The van der Waals surface area contributed by atoms with Crippen molar-refractivity contribution in [2.45, 2.75) is 13.8 Å². The number of hydrogen-bond acceptors (Lipinski definition) is 5. The first kappa shape index (κ1) is 17.8. The van der Waals surface area contributed by atoms with Gasteiger partial charge in [-0.1, -0.05) is 35.0 Å². The van der Waals surface area contributed by atoms with Crippen LogP contribution in [0.5, 0.6) is 5.75 Å². The van der Waals surface area contributed by atoms with Crippen LogP contribution in [0.3, 0.4) is 0 Å². The quantitative estimate of drug-likeness (QED) is 0.733. The minimum Gasteiger partial charge on any atom is -0.495 e. The van der Waals surface area contributed by atoms with Crippen molar-refractivity contribution < 1.29 is 9.53 Å². The Kier molecular flexibility index (Phi) is 4.81. The van der Waals surface area contributed by atoms with Crippen molar-refractivity contribution in [3.8, 4) is 11.4 Å². The molecular formula is C18H18ClN5O2. The van der Waals surface area contributed by atoms with Crippen molar-refractivity contribution in [1.29, 1.82) is 0 Å². The summed E-state index contributed by atoms with van der Waals surface area (Å²) in [4.78, 5) is 12.6. The van der Waals surface area contributed by atoms with Crippen molar-refractivity contribution in [2.75, 3.05) is 18.2 Å². The van der Waals surface area contributed by atoms with Gasteiger partial charge in [0.2, 0.25) is 0 Å². The molecule has 0 bridgehead atoms. The SMILES string of the molecule is COc1cc(-n2nnc(C(=O)Nc3c(C)cccc3C)c2N)ccc1Cl. The van der Waals surface area contributed by atoms with Crippen LogP contribution in [0.15, 0.2) is 36.4 Å². The summed E-state index contributed by atoms with van der Waals surface area (Å²) in [6.45, 7) is 3.84. The van der Waals surface area contributed by atoms with Crippen LogP contribution in [0.1, 0.15) is 21.6 Å². The molecule has 3 rings (SSSR count). The summed E-state index contributed by atoms with van der Waals surface area (Å²) >= 11 is 6.03. The molecular weight excluding hydrogens is 354 g/mol. The van der Waals surface area contributed by atoms with Crippen LogP contribution < -0.4 is 15.8 Å². The highest BCUT2D eigenvalue weighted by Gasteiger charge is 2.20. The van der Waals surface area contributed by atoms with Crippen molar-refractivity contribution in [3.63, 3.8) is 0 Å². The van der Waals surface area contributed by atoms with E-state index in [0.717, 1.165) is 16.8 Å². The average Bonchev–Trinajstić information content (AvgIpc) is 3.00. The number of nitrogen functional groups attached to an aromatic ring is 1. The van der Waals surface area contributed by atoms with Gasteiger partial charge in [0, 0.05) is 11.8 Å². The Bertz CT molecular complexity index is 963. The molecule has 3 N–H and O–H groups in total. The third-order valence-corrected chi connectivity index (χ3v) is 4.33. The second kappa shape index (κ2) is 7.05. The summed E-state index contributed by atoms with van der Waals surface area (Å²) in [6.07, 6.45) is 0. The van der Waals surface area contributed by atoms with Crippen molar-refractivity contribution in [1.82, 2.24) is 15.0 Å². The first-order chi connectivity index (χ1) is 12.4. The van der Waals surface area contributed by atoms with Gasteiger partial charge >= 0.3 is 0 Å². The molecule has 134 valence electrons. The van der Waals surface area contributed by atoms with Gasteiger partial charge in [-0.05, 0) is 37.1 Å². The van der Waals surface area contributed by atoms with Gasteiger partial charge in [-0.15, -0.1) is 5.10 Å². The second-order valence-corrected chi connectivity index (χ2v) is 6.18. The third-order valence-electron chi connectivity index (χ3n) is 4.02. The Balaban J connectivity index is 1.93. The van der Waals surface area contributed by atoms with E-state index >= 15 is 0 Å². The highest BCUT2D eigenvalue weighted by Crippen LogP contribution is 2.28. The van der Waals surface area contributed by atoms with Gasteiger partial charge in [-0.3, -0.25) is 4.79 Å². The monoisotopic (exact) mass is 371 g/mol. The highest BCUT2D eigenvalue weighted by atomic mass is 35.5. The number of anilines is 2. The van der Waals surface area contributed by atoms with Gasteiger partial charge in [0.05, 0.1) is 17.8 Å². The lowest BCUT2D eigenvalue weighted by molar-refractivity contribution is 0.102. The molecule has 0 spiro atoms. The predicted molar refractivity (Wildman–Crippen MR) is 101 cm³/mol. The van der Waals surface area contributed by atoms with Crippen LogP contribution in [0.4, 0.5) is 11.5 Å². The zero-order valence-electron chi connectivity index (χ0n) is 14.6. The van der Waals surface area contributed by atoms with Crippen LogP contribution in [0, 0.1) is 13.8 Å². The molecule has 0 aliphatic carbocycles. The number of aryl methyl sites for hydroxylation is 2. The number of nitrogens with zero attached hydrogens (tertiary/aromatic N) is 3. The Morgan fingerprint density at radius 3 is 2.58 bits per heavy atom. The number of aromatic nitrogens is 3. The first-order valence-electron chi connectivity index (χ1n) is 7.85. The second-order valence-electron chi connectivity index (χ2n) is 5.77. The summed E-state index contributed by atoms with van der Waals surface area (Å²) in [5.74, 6) is 0.172. The van der Waals surface area contributed by atoms with E-state index in [1.165, 1.54) is 11.8 Å². The number of carbonyl (C=O) groups is 1. The number of nitrogens with two attached hydrogens (primary N) is 1. The molecule has 26 heavy (non-hydrogen) atoms. The maximum Gasteiger partial charge on any atom is 0.280 e. The number of ether oxygens (including phenoxy) is 1. The number of amides is 1. The molecule has 0 saturated heterocycles. The molecule has 0 unspecified atom stereocenters. The summed E-state index contributed by atoms with van der Waals surface area (Å²) in [7, 11) is 1.51. The lowest BCUT2D eigenvalue weighted by Crippen LogP contribution is -2.16. The summed E-state index contributed by atoms with van der Waals surface area (Å²) in [5.41, 5.74) is 9.36. The van der Waals surface area contributed by atoms with Crippen LogP contribution in [-0.2, 0) is 0 Å². The molecule has 0 fully saturated rings. The van der Waals surface area contributed by atoms with E-state index in [-0.39, 0.29) is 11.5 Å². The molecule has 2 aromatic carbocycles. The minimum absolute atomic E-state index is 0.0431. The minimum atomic E-state index is -0.424. The molecule has 1 amide bonds. The summed E-state index contributed by atoms with van der Waals surface area (Å²) in [6, 6.07) is 10.8. The van der Waals surface area contributed by atoms with Crippen LogP contribution in [0.2, 0.25) is 5.02 Å². The molecule has 0 aliphatic rings. The fourth-order valence-corrected chi connectivity index (χ4v) is 2.80. The average molecular weight is 372 g/mol. The number of methoxy groups -OCH3 is 1. The maximum absolute atomic E-state index is 12.6. The van der Waals surface area contributed by atoms with Crippen LogP contribution in [-0.4, -0.2) is 28.0 Å². The number of halogens is 1. The lowest BCUT2D eigenvalue weighted by Gasteiger charge is -2.10. The first-order valence-corrected chi connectivity index (χ1v) is 8.22. The molecule has 8 heteroatoms. The van der Waals surface area contributed by atoms with E-state index in [2.05, 4.69) is 15.6 Å². The van der Waals surface area contributed by atoms with E-state index in [4.69, 9.17) is 22.1 Å². The fourth-order valence-electron chi connectivity index (χ4n) is 2.61. The van der Waals surface area contributed by atoms with Gasteiger partial charge in [-0.25, -0.2) is 0 Å². The molecule has 1 heterocycles. The van der Waals surface area contributed by atoms with E-state index in [1.54, 1.807) is 18.2 Å². The molecule has 3 aromatic rings. The van der Waals surface area contributed by atoms with E-state index in [1.807, 2.05) is 32.0 Å². The van der Waals surface area contributed by atoms with Crippen molar-refractivity contribution in [2.24, 2.45) is 0 Å². The topological polar surface area (TPSA) is 95.1 Å². The zero-order valence-corrected chi connectivity index (χ0v) is 15.3. The molecule has 1 aromatic heterocycles. The van der Waals surface area contributed by atoms with Crippen LogP contribution in [0.25, 0.3) is 5.69 Å². The Labute approximate surface area is 155 Å². The third kappa shape index (κ3) is 3.21. The molecule has 0 saturated carbocycles. The van der Waals surface area contributed by atoms with Gasteiger partial charge in [0.1, 0.15) is 5.75 Å². The number of para-hydroxylation sites is 1. The highest BCUT2D eigenvalue weighted by molar-refractivity contribution is 6.32. The smallest absolute Gasteiger partial charge is 0.280 e. The summed E-state index contributed by atoms with van der Waals surface area (Å²) in [5, 5.41) is 11.2. The van der Waals surface area contributed by atoms with Gasteiger partial charge in [0.15, 0.2) is 11.5 Å². The Morgan fingerprint density at radius 2 is 1.92 bits per heavy atom. The number of rotatable bonds is 4. The fraction of sp³-hybridized carbons (Fsp3) is 0.167. The van der Waals surface area contributed by atoms with Crippen molar-refractivity contribution >= 4 is 29.0 Å². The van der Waals surface area contributed by atoms with E-state index in [0.29, 0.717) is 16.5 Å². The van der Waals surface area contributed by atoms with Crippen molar-refractivity contribution in [3.05, 3.63) is 58.2 Å². The molecule has 0 radical (unpaired) electrons. The number of carbonyl (C=O) groups excluding carboxylic acids is 1. The molecule has 7 nitrogen and oxygen atoms in total. The maximum atomic E-state index is 12.6. The number of benzene rings is 2. The van der Waals surface area contributed by atoms with Gasteiger partial charge in [0.25, 0.3) is 5.91 Å². The summed E-state index contributed by atoms with van der Waals surface area (Å²) < 4.78 is 6.55. The van der Waals surface area contributed by atoms with Gasteiger partial charge in [-0.2, -0.15) is 4.68 Å². The lowest BCUT2D eigenvalue weighted by atomic mass is 10.1. The molecule has 0 atom stereocenters.